The highest BCUT2D eigenvalue weighted by Gasteiger charge is 2.24. The van der Waals surface area contributed by atoms with E-state index in [0.717, 1.165) is 25.2 Å². The Morgan fingerprint density at radius 1 is 1.64 bits per heavy atom. The number of nitrogens with one attached hydrogen (secondary N) is 2. The van der Waals surface area contributed by atoms with E-state index in [2.05, 4.69) is 15.2 Å². The van der Waals surface area contributed by atoms with Gasteiger partial charge in [-0.3, -0.25) is 4.79 Å². The molecule has 1 saturated heterocycles. The zero-order chi connectivity index (χ0) is 9.97. The molecule has 4 nitrogen and oxygen atoms in total. The summed E-state index contributed by atoms with van der Waals surface area (Å²) in [4.78, 5) is 17.0. The van der Waals surface area contributed by atoms with Crippen LogP contribution < -0.4 is 5.32 Å². The van der Waals surface area contributed by atoms with Crippen LogP contribution in [0.4, 0.5) is 0 Å². The normalized spacial score (nSPS) is 23.6. The molecule has 0 bridgehead atoms. The van der Waals surface area contributed by atoms with Gasteiger partial charge in [0.15, 0.2) is 5.78 Å². The molecule has 2 heterocycles. The molecule has 76 valence electrons. The van der Waals surface area contributed by atoms with Crippen LogP contribution in [0.25, 0.3) is 0 Å². The fraction of sp³-hybridized carbons (Fsp3) is 0.500. The van der Waals surface area contributed by atoms with Gasteiger partial charge in [-0.15, -0.1) is 0 Å². The molecule has 0 saturated carbocycles. The molecule has 0 spiro atoms. The molecule has 1 aromatic rings. The lowest BCUT2D eigenvalue weighted by atomic mass is 10.1. The molecule has 1 aromatic heterocycles. The molecule has 1 unspecified atom stereocenters. The molecule has 0 radical (unpaired) electrons. The summed E-state index contributed by atoms with van der Waals surface area (Å²) >= 11 is 0. The maximum absolute atomic E-state index is 11.9. The van der Waals surface area contributed by atoms with Crippen molar-refractivity contribution in [2.45, 2.75) is 6.04 Å². The molecule has 1 fully saturated rings. The van der Waals surface area contributed by atoms with Crippen LogP contribution in [0.1, 0.15) is 10.4 Å². The van der Waals surface area contributed by atoms with Gasteiger partial charge >= 0.3 is 0 Å². The van der Waals surface area contributed by atoms with Crippen molar-refractivity contribution in [3.8, 4) is 0 Å². The first kappa shape index (κ1) is 9.43. The number of piperazine rings is 1. The Morgan fingerprint density at radius 2 is 2.50 bits per heavy atom. The van der Waals surface area contributed by atoms with Crippen molar-refractivity contribution in [2.24, 2.45) is 0 Å². The van der Waals surface area contributed by atoms with E-state index in [4.69, 9.17) is 0 Å². The van der Waals surface area contributed by atoms with Gasteiger partial charge in [0, 0.05) is 37.6 Å². The van der Waals surface area contributed by atoms with Crippen LogP contribution in [0.5, 0.6) is 0 Å². The summed E-state index contributed by atoms with van der Waals surface area (Å²) in [5.41, 5.74) is 0.762. The fourth-order valence-corrected chi connectivity index (χ4v) is 1.75. The first-order valence-electron chi connectivity index (χ1n) is 4.86. The minimum Gasteiger partial charge on any atom is -0.367 e. The molecule has 0 aromatic carbocycles. The second-order valence-electron chi connectivity index (χ2n) is 3.73. The van der Waals surface area contributed by atoms with Crippen molar-refractivity contribution < 1.29 is 4.79 Å². The highest BCUT2D eigenvalue weighted by molar-refractivity contribution is 6.00. The molecular weight excluding hydrogens is 178 g/mol. The second-order valence-corrected chi connectivity index (χ2v) is 3.73. The van der Waals surface area contributed by atoms with Gasteiger partial charge < -0.3 is 15.2 Å². The van der Waals surface area contributed by atoms with Crippen molar-refractivity contribution in [2.75, 3.05) is 26.7 Å². The van der Waals surface area contributed by atoms with E-state index in [1.54, 1.807) is 12.4 Å². The van der Waals surface area contributed by atoms with Crippen LogP contribution >= 0.6 is 0 Å². The lowest BCUT2D eigenvalue weighted by molar-refractivity contribution is 0.0894. The largest absolute Gasteiger partial charge is 0.367 e. The standard InChI is InChI=1S/C10H15N3O/c1-13-5-4-12-9(7-13)10(14)8-2-3-11-6-8/h2-3,6,9,11-12H,4-5,7H2,1H3. The van der Waals surface area contributed by atoms with E-state index in [-0.39, 0.29) is 11.8 Å². The Labute approximate surface area is 83.3 Å². The summed E-state index contributed by atoms with van der Waals surface area (Å²) in [7, 11) is 2.04. The maximum Gasteiger partial charge on any atom is 0.182 e. The molecule has 1 aliphatic heterocycles. The summed E-state index contributed by atoms with van der Waals surface area (Å²) in [5.74, 6) is 0.179. The predicted molar refractivity (Wildman–Crippen MR) is 54.4 cm³/mol. The first-order valence-corrected chi connectivity index (χ1v) is 4.86. The van der Waals surface area contributed by atoms with Crippen molar-refractivity contribution >= 4 is 5.78 Å². The number of ketones is 1. The van der Waals surface area contributed by atoms with Crippen LogP contribution in [0.3, 0.4) is 0 Å². The minimum absolute atomic E-state index is 0.0513. The van der Waals surface area contributed by atoms with Crippen LogP contribution in [0.2, 0.25) is 0 Å². The molecule has 4 heteroatoms. The Kier molecular flexibility index (Phi) is 2.65. The summed E-state index contributed by atoms with van der Waals surface area (Å²) in [5, 5.41) is 3.23. The molecule has 14 heavy (non-hydrogen) atoms. The number of aromatic nitrogens is 1. The highest BCUT2D eigenvalue weighted by atomic mass is 16.1. The number of aromatic amines is 1. The Balaban J connectivity index is 2.04. The number of likely N-dealkylation sites (N-methyl/N-ethyl adjacent to an activating group) is 1. The van der Waals surface area contributed by atoms with Crippen molar-refractivity contribution in [3.05, 3.63) is 24.0 Å². The highest BCUT2D eigenvalue weighted by Crippen LogP contribution is 2.05. The van der Waals surface area contributed by atoms with E-state index < -0.39 is 0 Å². The Bertz CT molecular complexity index is 307. The number of rotatable bonds is 2. The molecular formula is C10H15N3O. The molecule has 2 N–H and O–H groups in total. The zero-order valence-corrected chi connectivity index (χ0v) is 8.29. The average Bonchev–Trinajstić information content (AvgIpc) is 2.69. The average molecular weight is 193 g/mol. The van der Waals surface area contributed by atoms with E-state index in [9.17, 15) is 4.79 Å². The summed E-state index contributed by atoms with van der Waals surface area (Å²) in [6, 6.07) is 1.77. The van der Waals surface area contributed by atoms with E-state index in [0.29, 0.717) is 0 Å². The third kappa shape index (κ3) is 1.86. The van der Waals surface area contributed by atoms with Crippen LogP contribution in [-0.2, 0) is 0 Å². The topological polar surface area (TPSA) is 48.1 Å². The van der Waals surface area contributed by atoms with Gasteiger partial charge in [-0.05, 0) is 13.1 Å². The van der Waals surface area contributed by atoms with Crippen molar-refractivity contribution in [1.29, 1.82) is 0 Å². The van der Waals surface area contributed by atoms with Crippen LogP contribution in [-0.4, -0.2) is 48.4 Å². The quantitative estimate of drug-likeness (QED) is 0.655. The monoisotopic (exact) mass is 193 g/mol. The van der Waals surface area contributed by atoms with Crippen LogP contribution in [0.15, 0.2) is 18.5 Å². The Hall–Kier alpha value is -1.13. The number of carbonyl (C=O) groups excluding carboxylic acids is 1. The number of H-pyrrole nitrogens is 1. The number of carbonyl (C=O) groups is 1. The third-order valence-electron chi connectivity index (χ3n) is 2.58. The fourth-order valence-electron chi connectivity index (χ4n) is 1.75. The van der Waals surface area contributed by atoms with Gasteiger partial charge in [0.2, 0.25) is 0 Å². The van der Waals surface area contributed by atoms with Gasteiger partial charge in [-0.2, -0.15) is 0 Å². The second kappa shape index (κ2) is 3.94. The van der Waals surface area contributed by atoms with Crippen molar-refractivity contribution in [1.82, 2.24) is 15.2 Å². The van der Waals surface area contributed by atoms with Crippen LogP contribution in [0, 0.1) is 0 Å². The lowest BCUT2D eigenvalue weighted by Crippen LogP contribution is -2.52. The van der Waals surface area contributed by atoms with Gasteiger partial charge in [-0.1, -0.05) is 0 Å². The number of Topliss-reactive ketones (excluding diaryl/α,β-unsaturated/α-hetero) is 1. The van der Waals surface area contributed by atoms with E-state index >= 15 is 0 Å². The number of nitrogens with zero attached hydrogens (tertiary/aromatic N) is 1. The van der Waals surface area contributed by atoms with Gasteiger partial charge in [0.1, 0.15) is 0 Å². The van der Waals surface area contributed by atoms with Gasteiger partial charge in [0.25, 0.3) is 0 Å². The summed E-state index contributed by atoms with van der Waals surface area (Å²) < 4.78 is 0. The smallest absolute Gasteiger partial charge is 0.182 e. The third-order valence-corrected chi connectivity index (χ3v) is 2.58. The number of hydrogen-bond donors (Lipinski definition) is 2. The molecule has 2 rings (SSSR count). The molecule has 0 amide bonds. The first-order chi connectivity index (χ1) is 6.77. The molecule has 1 atom stereocenters. The van der Waals surface area contributed by atoms with Gasteiger partial charge in [-0.25, -0.2) is 0 Å². The number of hydrogen-bond acceptors (Lipinski definition) is 3. The SMILES string of the molecule is CN1CCNC(C(=O)c2cc[nH]c2)C1. The predicted octanol–water partition coefficient (Wildman–Crippen LogP) is 0.101. The van der Waals surface area contributed by atoms with Crippen molar-refractivity contribution in [3.63, 3.8) is 0 Å². The Morgan fingerprint density at radius 3 is 3.14 bits per heavy atom. The summed E-state index contributed by atoms with van der Waals surface area (Å²) in [6.45, 7) is 2.69. The molecule has 0 aliphatic carbocycles. The van der Waals surface area contributed by atoms with E-state index in [1.165, 1.54) is 0 Å². The lowest BCUT2D eigenvalue weighted by Gasteiger charge is -2.29. The minimum atomic E-state index is -0.0513. The maximum atomic E-state index is 11.9. The molecule has 1 aliphatic rings. The zero-order valence-electron chi connectivity index (χ0n) is 8.29. The van der Waals surface area contributed by atoms with E-state index in [1.807, 2.05) is 13.1 Å². The summed E-state index contributed by atoms with van der Waals surface area (Å²) in [6.07, 6.45) is 3.53. The van der Waals surface area contributed by atoms with Gasteiger partial charge in [0.05, 0.1) is 6.04 Å².